The summed E-state index contributed by atoms with van der Waals surface area (Å²) in [5, 5.41) is 0. The first kappa shape index (κ1) is 11.0. The lowest BCUT2D eigenvalue weighted by Crippen LogP contribution is -2.38. The van der Waals surface area contributed by atoms with Gasteiger partial charge in [-0.25, -0.2) is 0 Å². The fourth-order valence-electron chi connectivity index (χ4n) is 1.57. The van der Waals surface area contributed by atoms with Gasteiger partial charge in [0.05, 0.1) is 0 Å². The van der Waals surface area contributed by atoms with Gasteiger partial charge in [-0.3, -0.25) is 9.59 Å². The fraction of sp³-hybridized carbons (Fsp3) is 0.636. The number of nitrogens with zero attached hydrogens (tertiary/aromatic N) is 1. The Labute approximate surface area is 84.8 Å². The second-order valence-corrected chi connectivity index (χ2v) is 4.91. The van der Waals surface area contributed by atoms with Crippen molar-refractivity contribution in [2.24, 2.45) is 5.41 Å². The smallest absolute Gasteiger partial charge is 0.298 e. The highest BCUT2D eigenvalue weighted by atomic mass is 16.2. The maximum atomic E-state index is 11.5. The zero-order valence-corrected chi connectivity index (χ0v) is 9.42. The van der Waals surface area contributed by atoms with Crippen molar-refractivity contribution in [2.75, 3.05) is 0 Å². The second kappa shape index (κ2) is 3.23. The van der Waals surface area contributed by atoms with Crippen molar-refractivity contribution in [3.63, 3.8) is 0 Å². The Bertz CT molecular complexity index is 308. The molecule has 1 aliphatic rings. The molecule has 0 fully saturated rings. The van der Waals surface area contributed by atoms with Gasteiger partial charge in [-0.2, -0.15) is 0 Å². The average molecular weight is 195 g/mol. The SMILES string of the molecule is CC(C)N1C(=O)C(=O)C=C1C(C)(C)C. The number of ketones is 1. The number of hydrogen-bond acceptors (Lipinski definition) is 2. The third-order valence-electron chi connectivity index (χ3n) is 2.24. The van der Waals surface area contributed by atoms with Crippen LogP contribution in [0.3, 0.4) is 0 Å². The maximum Gasteiger partial charge on any atom is 0.298 e. The number of hydrogen-bond donors (Lipinski definition) is 0. The third-order valence-corrected chi connectivity index (χ3v) is 2.24. The van der Waals surface area contributed by atoms with Crippen molar-refractivity contribution in [3.05, 3.63) is 11.8 Å². The van der Waals surface area contributed by atoms with Crippen molar-refractivity contribution < 1.29 is 9.59 Å². The van der Waals surface area contributed by atoms with Crippen LogP contribution in [0.25, 0.3) is 0 Å². The molecule has 1 aliphatic heterocycles. The summed E-state index contributed by atoms with van der Waals surface area (Å²) in [6, 6.07) is 0.0411. The number of carbonyl (C=O) groups excluding carboxylic acids is 2. The van der Waals surface area contributed by atoms with E-state index < -0.39 is 11.7 Å². The number of carbonyl (C=O) groups is 2. The summed E-state index contributed by atoms with van der Waals surface area (Å²) in [5.74, 6) is -0.798. The predicted octanol–water partition coefficient (Wildman–Crippen LogP) is 1.74. The van der Waals surface area contributed by atoms with Crippen LogP contribution in [0.1, 0.15) is 34.6 Å². The Kier molecular flexibility index (Phi) is 2.52. The van der Waals surface area contributed by atoms with E-state index in [4.69, 9.17) is 0 Å². The van der Waals surface area contributed by atoms with Gasteiger partial charge in [0, 0.05) is 23.2 Å². The third kappa shape index (κ3) is 1.72. The van der Waals surface area contributed by atoms with Crippen LogP contribution in [0.2, 0.25) is 0 Å². The standard InChI is InChI=1S/C11H17NO2/c1-7(2)12-9(11(3,4)5)6-8(13)10(12)14/h6-7H,1-5H3. The maximum absolute atomic E-state index is 11.5. The molecule has 0 saturated carbocycles. The minimum atomic E-state index is -0.399. The number of rotatable bonds is 1. The van der Waals surface area contributed by atoms with Crippen LogP contribution in [0.15, 0.2) is 11.8 Å². The molecule has 0 aromatic carbocycles. The lowest BCUT2D eigenvalue weighted by atomic mass is 9.91. The molecule has 1 heterocycles. The topological polar surface area (TPSA) is 37.4 Å². The van der Waals surface area contributed by atoms with Gasteiger partial charge in [-0.1, -0.05) is 20.8 Å². The Morgan fingerprint density at radius 1 is 1.21 bits per heavy atom. The summed E-state index contributed by atoms with van der Waals surface area (Å²) in [7, 11) is 0. The summed E-state index contributed by atoms with van der Waals surface area (Å²) >= 11 is 0. The van der Waals surface area contributed by atoms with E-state index >= 15 is 0 Å². The van der Waals surface area contributed by atoms with Crippen LogP contribution in [0, 0.1) is 5.41 Å². The summed E-state index contributed by atoms with van der Waals surface area (Å²) in [6.07, 6.45) is 1.46. The Hall–Kier alpha value is -1.12. The zero-order chi connectivity index (χ0) is 11.1. The molecular formula is C11H17NO2. The van der Waals surface area contributed by atoms with Crippen LogP contribution in [-0.2, 0) is 9.59 Å². The lowest BCUT2D eigenvalue weighted by Gasteiger charge is -2.31. The van der Waals surface area contributed by atoms with Gasteiger partial charge >= 0.3 is 0 Å². The Balaban J connectivity index is 3.11. The Morgan fingerprint density at radius 3 is 2.00 bits per heavy atom. The largest absolute Gasteiger partial charge is 0.306 e. The van der Waals surface area contributed by atoms with Crippen LogP contribution in [0.4, 0.5) is 0 Å². The molecule has 0 N–H and O–H groups in total. The van der Waals surface area contributed by atoms with Crippen molar-refractivity contribution in [3.8, 4) is 0 Å². The first-order valence-electron chi connectivity index (χ1n) is 4.85. The van der Waals surface area contributed by atoms with Gasteiger partial charge in [-0.15, -0.1) is 0 Å². The van der Waals surface area contributed by atoms with E-state index in [0.717, 1.165) is 5.70 Å². The normalized spacial score (nSPS) is 18.1. The molecule has 0 aliphatic carbocycles. The summed E-state index contributed by atoms with van der Waals surface area (Å²) in [5.41, 5.74) is 0.661. The van der Waals surface area contributed by atoms with E-state index in [1.807, 2.05) is 34.6 Å². The van der Waals surface area contributed by atoms with E-state index in [1.54, 1.807) is 4.90 Å². The van der Waals surface area contributed by atoms with Crippen molar-refractivity contribution in [2.45, 2.75) is 40.7 Å². The van der Waals surface area contributed by atoms with Crippen molar-refractivity contribution >= 4 is 11.7 Å². The molecule has 0 aromatic heterocycles. The van der Waals surface area contributed by atoms with Gasteiger partial charge in [0.2, 0.25) is 5.78 Å². The molecule has 0 aromatic rings. The van der Waals surface area contributed by atoms with Gasteiger partial charge in [0.25, 0.3) is 5.91 Å². The fourth-order valence-corrected chi connectivity index (χ4v) is 1.57. The van der Waals surface area contributed by atoms with Gasteiger partial charge < -0.3 is 4.90 Å². The van der Waals surface area contributed by atoms with E-state index in [-0.39, 0.29) is 11.5 Å². The molecule has 1 rings (SSSR count). The van der Waals surface area contributed by atoms with Crippen LogP contribution in [0.5, 0.6) is 0 Å². The van der Waals surface area contributed by atoms with E-state index in [9.17, 15) is 9.59 Å². The molecule has 0 bridgehead atoms. The molecule has 0 unspecified atom stereocenters. The van der Waals surface area contributed by atoms with Gasteiger partial charge in [-0.05, 0) is 13.8 Å². The average Bonchev–Trinajstić information content (AvgIpc) is 2.27. The van der Waals surface area contributed by atoms with Crippen LogP contribution in [-0.4, -0.2) is 22.6 Å². The molecule has 3 nitrogen and oxygen atoms in total. The highest BCUT2D eigenvalue weighted by Gasteiger charge is 2.37. The quantitative estimate of drug-likeness (QED) is 0.598. The Morgan fingerprint density at radius 2 is 1.71 bits per heavy atom. The summed E-state index contributed by atoms with van der Waals surface area (Å²) in [6.45, 7) is 9.83. The molecule has 3 heteroatoms. The minimum Gasteiger partial charge on any atom is -0.306 e. The monoisotopic (exact) mass is 195 g/mol. The molecule has 0 atom stereocenters. The van der Waals surface area contributed by atoms with Gasteiger partial charge in [0.15, 0.2) is 0 Å². The number of allylic oxidation sites excluding steroid dienone is 1. The first-order valence-corrected chi connectivity index (χ1v) is 4.85. The first-order chi connectivity index (χ1) is 6.25. The summed E-state index contributed by atoms with van der Waals surface area (Å²) in [4.78, 5) is 24.4. The molecule has 78 valence electrons. The minimum absolute atomic E-state index is 0.0411. The van der Waals surface area contributed by atoms with Gasteiger partial charge in [0.1, 0.15) is 0 Å². The van der Waals surface area contributed by atoms with Crippen molar-refractivity contribution in [1.29, 1.82) is 0 Å². The highest BCUT2D eigenvalue weighted by Crippen LogP contribution is 2.33. The molecule has 14 heavy (non-hydrogen) atoms. The molecule has 0 saturated heterocycles. The van der Waals surface area contributed by atoms with E-state index in [0.29, 0.717) is 0 Å². The molecule has 1 amide bonds. The van der Waals surface area contributed by atoms with Crippen molar-refractivity contribution in [1.82, 2.24) is 4.90 Å². The molecule has 0 radical (unpaired) electrons. The lowest BCUT2D eigenvalue weighted by molar-refractivity contribution is -0.140. The summed E-state index contributed by atoms with van der Waals surface area (Å²) < 4.78 is 0. The zero-order valence-electron chi connectivity index (χ0n) is 9.42. The van der Waals surface area contributed by atoms with E-state index in [2.05, 4.69) is 0 Å². The van der Waals surface area contributed by atoms with E-state index in [1.165, 1.54) is 6.08 Å². The van der Waals surface area contributed by atoms with Crippen LogP contribution >= 0.6 is 0 Å². The second-order valence-electron chi connectivity index (χ2n) is 4.91. The predicted molar refractivity (Wildman–Crippen MR) is 54.5 cm³/mol. The van der Waals surface area contributed by atoms with Crippen LogP contribution < -0.4 is 0 Å². The molecule has 0 spiro atoms. The number of amides is 1. The highest BCUT2D eigenvalue weighted by molar-refractivity contribution is 6.43. The molecular weight excluding hydrogens is 178 g/mol.